The molecule has 0 spiro atoms. The minimum atomic E-state index is -0.223. The fourth-order valence-corrected chi connectivity index (χ4v) is 0.873. The third kappa shape index (κ3) is 3.85. The van der Waals surface area contributed by atoms with E-state index in [1.54, 1.807) is 6.20 Å². The van der Waals surface area contributed by atoms with E-state index in [1.165, 1.54) is 0 Å². The molecule has 4 nitrogen and oxygen atoms in total. The molecule has 1 aromatic rings. The molecule has 0 aliphatic carbocycles. The summed E-state index contributed by atoms with van der Waals surface area (Å²) >= 11 is 0. The largest absolute Gasteiger partial charge is 0.368 e. The molecule has 1 rings (SSSR count). The molecule has 0 radical (unpaired) electrons. The van der Waals surface area contributed by atoms with Crippen LogP contribution in [0.25, 0.3) is 0 Å². The third-order valence-corrected chi connectivity index (χ3v) is 1.50. The van der Waals surface area contributed by atoms with Gasteiger partial charge in [0.15, 0.2) is 0 Å². The van der Waals surface area contributed by atoms with Crippen molar-refractivity contribution >= 4 is 5.82 Å². The van der Waals surface area contributed by atoms with Gasteiger partial charge in [0, 0.05) is 18.3 Å². The molecule has 1 aromatic heterocycles. The van der Waals surface area contributed by atoms with Crippen molar-refractivity contribution < 1.29 is 0 Å². The molecule has 1 heterocycles. The normalized spacial score (nSPS) is 11.4. The molecular formula is C9H16N4. The van der Waals surface area contributed by atoms with E-state index in [2.05, 4.69) is 15.3 Å². The van der Waals surface area contributed by atoms with Gasteiger partial charge in [0.05, 0.1) is 0 Å². The van der Waals surface area contributed by atoms with Crippen molar-refractivity contribution in [2.75, 3.05) is 11.9 Å². The van der Waals surface area contributed by atoms with Crippen LogP contribution >= 0.6 is 0 Å². The minimum absolute atomic E-state index is 0.223. The maximum absolute atomic E-state index is 5.82. The minimum Gasteiger partial charge on any atom is -0.368 e. The highest BCUT2D eigenvalue weighted by atomic mass is 15.0. The van der Waals surface area contributed by atoms with E-state index < -0.39 is 0 Å². The van der Waals surface area contributed by atoms with Crippen molar-refractivity contribution in [2.24, 2.45) is 5.73 Å². The van der Waals surface area contributed by atoms with Crippen LogP contribution in [0.5, 0.6) is 0 Å². The Labute approximate surface area is 78.6 Å². The zero-order valence-electron chi connectivity index (χ0n) is 8.33. The van der Waals surface area contributed by atoms with Gasteiger partial charge in [-0.25, -0.2) is 9.97 Å². The van der Waals surface area contributed by atoms with E-state index in [4.69, 9.17) is 5.73 Å². The van der Waals surface area contributed by atoms with Crippen LogP contribution in [0.4, 0.5) is 5.82 Å². The lowest BCUT2D eigenvalue weighted by Crippen LogP contribution is -2.39. The molecule has 0 saturated heterocycles. The zero-order chi connectivity index (χ0) is 9.90. The second kappa shape index (κ2) is 3.70. The number of nitrogens with two attached hydrogens (primary N) is 1. The van der Waals surface area contributed by atoms with Crippen LogP contribution in [-0.2, 0) is 0 Å². The van der Waals surface area contributed by atoms with Crippen LogP contribution in [0, 0.1) is 6.92 Å². The third-order valence-electron chi connectivity index (χ3n) is 1.50. The molecule has 13 heavy (non-hydrogen) atoms. The fourth-order valence-electron chi connectivity index (χ4n) is 0.873. The Morgan fingerprint density at radius 2 is 2.23 bits per heavy atom. The van der Waals surface area contributed by atoms with Gasteiger partial charge in [0.2, 0.25) is 0 Å². The summed E-state index contributed by atoms with van der Waals surface area (Å²) in [4.78, 5) is 8.20. The Balaban J connectivity index is 2.55. The van der Waals surface area contributed by atoms with Crippen LogP contribution in [0.3, 0.4) is 0 Å². The average Bonchev–Trinajstić information content (AvgIpc) is 2.00. The van der Waals surface area contributed by atoms with Crippen molar-refractivity contribution in [3.63, 3.8) is 0 Å². The summed E-state index contributed by atoms with van der Waals surface area (Å²) in [6.45, 7) is 6.49. The number of rotatable bonds is 3. The van der Waals surface area contributed by atoms with E-state index in [9.17, 15) is 0 Å². The van der Waals surface area contributed by atoms with Gasteiger partial charge in [0.25, 0.3) is 0 Å². The lowest BCUT2D eigenvalue weighted by Gasteiger charge is -2.19. The quantitative estimate of drug-likeness (QED) is 0.726. The number of nitrogens with one attached hydrogen (secondary N) is 1. The first kappa shape index (κ1) is 9.92. The smallest absolute Gasteiger partial charge is 0.129 e. The van der Waals surface area contributed by atoms with Crippen molar-refractivity contribution in [2.45, 2.75) is 26.3 Å². The summed E-state index contributed by atoms with van der Waals surface area (Å²) in [5, 5.41) is 3.15. The van der Waals surface area contributed by atoms with Crippen LogP contribution in [0.15, 0.2) is 12.3 Å². The van der Waals surface area contributed by atoms with Gasteiger partial charge in [-0.2, -0.15) is 0 Å². The molecular weight excluding hydrogens is 164 g/mol. The number of anilines is 1. The molecule has 0 saturated carbocycles. The van der Waals surface area contributed by atoms with Gasteiger partial charge < -0.3 is 11.1 Å². The summed E-state index contributed by atoms with van der Waals surface area (Å²) in [5.74, 6) is 1.59. The standard InChI is InChI=1S/C9H16N4/c1-7-11-5-4-8(13-7)12-6-9(2,3)10/h4-5H,6,10H2,1-3H3,(H,11,12,13). The Kier molecular flexibility index (Phi) is 2.83. The lowest BCUT2D eigenvalue weighted by molar-refractivity contribution is 0.548. The number of hydrogen-bond acceptors (Lipinski definition) is 4. The molecule has 0 bridgehead atoms. The van der Waals surface area contributed by atoms with E-state index in [0.717, 1.165) is 11.6 Å². The SMILES string of the molecule is Cc1nccc(NCC(C)(C)N)n1. The molecule has 0 aromatic carbocycles. The van der Waals surface area contributed by atoms with Crippen molar-refractivity contribution in [3.8, 4) is 0 Å². The number of aryl methyl sites for hydroxylation is 1. The van der Waals surface area contributed by atoms with Crippen molar-refractivity contribution in [1.29, 1.82) is 0 Å². The summed E-state index contributed by atoms with van der Waals surface area (Å²) in [6, 6.07) is 1.83. The number of hydrogen-bond donors (Lipinski definition) is 2. The predicted molar refractivity (Wildman–Crippen MR) is 53.5 cm³/mol. The van der Waals surface area contributed by atoms with E-state index in [-0.39, 0.29) is 5.54 Å². The first-order chi connectivity index (χ1) is 5.97. The number of aromatic nitrogens is 2. The van der Waals surface area contributed by atoms with Gasteiger partial charge in [-0.05, 0) is 26.8 Å². The van der Waals surface area contributed by atoms with Gasteiger partial charge in [0.1, 0.15) is 11.6 Å². The summed E-state index contributed by atoms with van der Waals surface area (Å²) < 4.78 is 0. The van der Waals surface area contributed by atoms with Gasteiger partial charge in [-0.15, -0.1) is 0 Å². The van der Waals surface area contributed by atoms with Gasteiger partial charge >= 0.3 is 0 Å². The van der Waals surface area contributed by atoms with Crippen LogP contribution < -0.4 is 11.1 Å². The van der Waals surface area contributed by atoms with Crippen molar-refractivity contribution in [1.82, 2.24) is 9.97 Å². The lowest BCUT2D eigenvalue weighted by atomic mass is 10.1. The molecule has 0 fully saturated rings. The van der Waals surface area contributed by atoms with Gasteiger partial charge in [-0.1, -0.05) is 0 Å². The molecule has 3 N–H and O–H groups in total. The number of nitrogens with zero attached hydrogens (tertiary/aromatic N) is 2. The molecule has 72 valence electrons. The van der Waals surface area contributed by atoms with E-state index >= 15 is 0 Å². The monoisotopic (exact) mass is 180 g/mol. The highest BCUT2D eigenvalue weighted by Gasteiger charge is 2.09. The first-order valence-corrected chi connectivity index (χ1v) is 4.30. The predicted octanol–water partition coefficient (Wildman–Crippen LogP) is 0.934. The maximum Gasteiger partial charge on any atom is 0.129 e. The maximum atomic E-state index is 5.82. The Bertz CT molecular complexity index is 277. The fraction of sp³-hybridized carbons (Fsp3) is 0.556. The Morgan fingerprint density at radius 1 is 1.54 bits per heavy atom. The molecule has 4 heteroatoms. The Hall–Kier alpha value is -1.16. The topological polar surface area (TPSA) is 63.8 Å². The highest BCUT2D eigenvalue weighted by Crippen LogP contribution is 2.03. The average molecular weight is 180 g/mol. The van der Waals surface area contributed by atoms with Crippen LogP contribution in [0.1, 0.15) is 19.7 Å². The van der Waals surface area contributed by atoms with E-state index in [1.807, 2.05) is 26.8 Å². The molecule has 0 atom stereocenters. The molecule has 0 aliphatic heterocycles. The molecule has 0 aliphatic rings. The summed E-state index contributed by atoms with van der Waals surface area (Å²) in [7, 11) is 0. The van der Waals surface area contributed by atoms with Crippen molar-refractivity contribution in [3.05, 3.63) is 18.1 Å². The van der Waals surface area contributed by atoms with E-state index in [0.29, 0.717) is 6.54 Å². The molecule has 0 amide bonds. The molecule has 0 unspecified atom stereocenters. The van der Waals surface area contributed by atoms with Gasteiger partial charge in [-0.3, -0.25) is 0 Å². The van der Waals surface area contributed by atoms with Crippen LogP contribution in [0.2, 0.25) is 0 Å². The summed E-state index contributed by atoms with van der Waals surface area (Å²) in [5.41, 5.74) is 5.59. The zero-order valence-corrected chi connectivity index (χ0v) is 8.33. The van der Waals surface area contributed by atoms with Crippen LogP contribution in [-0.4, -0.2) is 22.1 Å². The summed E-state index contributed by atoms with van der Waals surface area (Å²) in [6.07, 6.45) is 1.73. The first-order valence-electron chi connectivity index (χ1n) is 4.30. The second-order valence-electron chi connectivity index (χ2n) is 3.83. The Morgan fingerprint density at radius 3 is 2.77 bits per heavy atom. The second-order valence-corrected chi connectivity index (χ2v) is 3.83. The highest BCUT2D eigenvalue weighted by molar-refractivity contribution is 5.33.